The third-order valence-corrected chi connectivity index (χ3v) is 3.75. The van der Waals surface area contributed by atoms with E-state index in [-0.39, 0.29) is 0 Å². The van der Waals surface area contributed by atoms with E-state index < -0.39 is 6.17 Å². The Balaban J connectivity index is 2.53. The molecule has 0 spiro atoms. The first-order valence-electron chi connectivity index (χ1n) is 3.84. The van der Waals surface area contributed by atoms with E-state index in [1.807, 2.05) is 18.2 Å². The standard InChI is InChI=1S/C9H8BrFS/c10-6-2-1-3-8-9(6)7(11)4-5-12-8/h1-3,7H,4-5H2. The van der Waals surface area contributed by atoms with Crippen LogP contribution in [0.1, 0.15) is 18.2 Å². The third kappa shape index (κ3) is 1.40. The Morgan fingerprint density at radius 3 is 3.08 bits per heavy atom. The summed E-state index contributed by atoms with van der Waals surface area (Å²) in [7, 11) is 0. The van der Waals surface area contributed by atoms with Crippen LogP contribution >= 0.6 is 27.7 Å². The molecule has 0 nitrogen and oxygen atoms in total. The Morgan fingerprint density at radius 1 is 1.50 bits per heavy atom. The van der Waals surface area contributed by atoms with Gasteiger partial charge in [-0.15, -0.1) is 11.8 Å². The van der Waals surface area contributed by atoms with Crippen LogP contribution in [-0.2, 0) is 0 Å². The summed E-state index contributed by atoms with van der Waals surface area (Å²) in [6.45, 7) is 0. The van der Waals surface area contributed by atoms with Crippen molar-refractivity contribution in [2.75, 3.05) is 5.75 Å². The highest BCUT2D eigenvalue weighted by Crippen LogP contribution is 2.41. The van der Waals surface area contributed by atoms with Gasteiger partial charge in [-0.1, -0.05) is 22.0 Å². The third-order valence-electron chi connectivity index (χ3n) is 1.96. The molecule has 0 amide bonds. The highest BCUT2D eigenvalue weighted by molar-refractivity contribution is 9.10. The van der Waals surface area contributed by atoms with Crippen molar-refractivity contribution in [2.24, 2.45) is 0 Å². The van der Waals surface area contributed by atoms with Gasteiger partial charge in [0, 0.05) is 20.7 Å². The summed E-state index contributed by atoms with van der Waals surface area (Å²) < 4.78 is 14.3. The van der Waals surface area contributed by atoms with E-state index in [0.717, 1.165) is 20.7 Å². The maximum Gasteiger partial charge on any atom is 0.128 e. The molecule has 0 saturated heterocycles. The zero-order valence-electron chi connectivity index (χ0n) is 6.39. The monoisotopic (exact) mass is 246 g/mol. The Morgan fingerprint density at radius 2 is 2.33 bits per heavy atom. The minimum absolute atomic E-state index is 0.639. The van der Waals surface area contributed by atoms with Crippen molar-refractivity contribution in [2.45, 2.75) is 17.5 Å². The number of hydrogen-bond acceptors (Lipinski definition) is 1. The van der Waals surface area contributed by atoms with Crippen LogP contribution < -0.4 is 0 Å². The van der Waals surface area contributed by atoms with Crippen molar-refractivity contribution in [1.29, 1.82) is 0 Å². The molecule has 12 heavy (non-hydrogen) atoms. The number of benzene rings is 1. The van der Waals surface area contributed by atoms with Gasteiger partial charge in [0.05, 0.1) is 0 Å². The van der Waals surface area contributed by atoms with Crippen molar-refractivity contribution in [3.8, 4) is 0 Å². The highest BCUT2D eigenvalue weighted by atomic mass is 79.9. The van der Waals surface area contributed by atoms with Gasteiger partial charge in [-0.3, -0.25) is 0 Å². The van der Waals surface area contributed by atoms with E-state index in [0.29, 0.717) is 6.42 Å². The van der Waals surface area contributed by atoms with Gasteiger partial charge in [-0.2, -0.15) is 0 Å². The summed E-state index contributed by atoms with van der Waals surface area (Å²) in [6.07, 6.45) is -0.142. The van der Waals surface area contributed by atoms with Crippen LogP contribution in [0, 0.1) is 0 Å². The largest absolute Gasteiger partial charge is 0.242 e. The Hall–Kier alpha value is -0.0200. The quantitative estimate of drug-likeness (QED) is 0.668. The second-order valence-electron chi connectivity index (χ2n) is 2.76. The van der Waals surface area contributed by atoms with Crippen molar-refractivity contribution in [1.82, 2.24) is 0 Å². The van der Waals surface area contributed by atoms with E-state index in [9.17, 15) is 4.39 Å². The minimum atomic E-state index is -0.781. The first kappa shape index (κ1) is 8.57. The van der Waals surface area contributed by atoms with Gasteiger partial charge in [-0.25, -0.2) is 4.39 Å². The van der Waals surface area contributed by atoms with Crippen molar-refractivity contribution < 1.29 is 4.39 Å². The molecule has 0 aromatic heterocycles. The summed E-state index contributed by atoms with van der Waals surface area (Å²) in [6, 6.07) is 5.84. The lowest BCUT2D eigenvalue weighted by atomic mass is 10.1. The molecular weight excluding hydrogens is 239 g/mol. The maximum atomic E-state index is 13.4. The van der Waals surface area contributed by atoms with Crippen LogP contribution in [0.15, 0.2) is 27.6 Å². The van der Waals surface area contributed by atoms with Crippen LogP contribution in [0.25, 0.3) is 0 Å². The average molecular weight is 247 g/mol. The van der Waals surface area contributed by atoms with E-state index >= 15 is 0 Å². The highest BCUT2D eigenvalue weighted by Gasteiger charge is 2.21. The molecule has 1 heterocycles. The molecule has 0 bridgehead atoms. The first-order valence-corrected chi connectivity index (χ1v) is 5.62. The summed E-state index contributed by atoms with van der Waals surface area (Å²) in [4.78, 5) is 1.09. The Bertz CT molecular complexity index is 301. The molecule has 1 aliphatic heterocycles. The van der Waals surface area contributed by atoms with Crippen molar-refractivity contribution in [3.05, 3.63) is 28.2 Å². The van der Waals surface area contributed by atoms with Gasteiger partial charge in [-0.05, 0) is 18.6 Å². The molecule has 0 aliphatic carbocycles. The fourth-order valence-electron chi connectivity index (χ4n) is 1.36. The summed E-state index contributed by atoms with van der Waals surface area (Å²) >= 11 is 5.11. The smallest absolute Gasteiger partial charge is 0.128 e. The molecule has 3 heteroatoms. The SMILES string of the molecule is FC1CCSc2cccc(Br)c21. The number of alkyl halides is 1. The number of halogens is 2. The maximum absolute atomic E-state index is 13.4. The lowest BCUT2D eigenvalue weighted by Gasteiger charge is -2.19. The molecule has 1 aromatic rings. The van der Waals surface area contributed by atoms with Gasteiger partial charge >= 0.3 is 0 Å². The molecule has 1 aromatic carbocycles. The molecule has 1 atom stereocenters. The number of rotatable bonds is 0. The molecule has 0 saturated carbocycles. The zero-order valence-corrected chi connectivity index (χ0v) is 8.79. The second-order valence-corrected chi connectivity index (χ2v) is 4.75. The zero-order chi connectivity index (χ0) is 8.55. The molecular formula is C9H8BrFS. The van der Waals surface area contributed by atoms with Gasteiger partial charge in [0.2, 0.25) is 0 Å². The van der Waals surface area contributed by atoms with Crippen LogP contribution in [0.3, 0.4) is 0 Å². The Kier molecular flexibility index (Phi) is 2.42. The van der Waals surface area contributed by atoms with Crippen LogP contribution in [0.4, 0.5) is 4.39 Å². The van der Waals surface area contributed by atoms with Crippen molar-refractivity contribution in [3.63, 3.8) is 0 Å². The number of thioether (sulfide) groups is 1. The van der Waals surface area contributed by atoms with E-state index in [2.05, 4.69) is 15.9 Å². The van der Waals surface area contributed by atoms with Gasteiger partial charge in [0.15, 0.2) is 0 Å². The van der Waals surface area contributed by atoms with Gasteiger partial charge < -0.3 is 0 Å². The summed E-state index contributed by atoms with van der Waals surface area (Å²) in [5, 5.41) is 0. The summed E-state index contributed by atoms with van der Waals surface area (Å²) in [5.41, 5.74) is 0.841. The lowest BCUT2D eigenvalue weighted by molar-refractivity contribution is 0.327. The lowest BCUT2D eigenvalue weighted by Crippen LogP contribution is -2.03. The normalized spacial score (nSPS) is 22.0. The van der Waals surface area contributed by atoms with Gasteiger partial charge in [0.25, 0.3) is 0 Å². The van der Waals surface area contributed by atoms with Crippen LogP contribution in [0.2, 0.25) is 0 Å². The second kappa shape index (κ2) is 3.38. The average Bonchev–Trinajstić information content (AvgIpc) is 2.04. The fraction of sp³-hybridized carbons (Fsp3) is 0.333. The van der Waals surface area contributed by atoms with Gasteiger partial charge in [0.1, 0.15) is 6.17 Å². The van der Waals surface area contributed by atoms with Crippen LogP contribution in [-0.4, -0.2) is 5.75 Å². The molecule has 0 fully saturated rings. The fourth-order valence-corrected chi connectivity index (χ4v) is 3.22. The topological polar surface area (TPSA) is 0 Å². The molecule has 2 rings (SSSR count). The molecule has 0 N–H and O–H groups in total. The minimum Gasteiger partial charge on any atom is -0.242 e. The molecule has 1 aliphatic rings. The summed E-state index contributed by atoms with van der Waals surface area (Å²) in [5.74, 6) is 0.893. The van der Waals surface area contributed by atoms with Crippen LogP contribution in [0.5, 0.6) is 0 Å². The van der Waals surface area contributed by atoms with E-state index in [1.165, 1.54) is 0 Å². The Labute approximate surface area is 83.7 Å². The van der Waals surface area contributed by atoms with Crippen molar-refractivity contribution >= 4 is 27.7 Å². The predicted molar refractivity (Wildman–Crippen MR) is 53.3 cm³/mol. The molecule has 1 unspecified atom stereocenters. The first-order chi connectivity index (χ1) is 5.79. The molecule has 64 valence electrons. The predicted octanol–water partition coefficient (Wildman–Crippen LogP) is 3.96. The molecule has 0 radical (unpaired) electrons. The number of fused-ring (bicyclic) bond motifs is 1. The van der Waals surface area contributed by atoms with E-state index in [4.69, 9.17) is 0 Å². The number of hydrogen-bond donors (Lipinski definition) is 0. The van der Waals surface area contributed by atoms with E-state index in [1.54, 1.807) is 11.8 Å².